The van der Waals surface area contributed by atoms with Crippen LogP contribution >= 0.6 is 23.2 Å². The highest BCUT2D eigenvalue weighted by Crippen LogP contribution is 2.22. The molecule has 132 valence electrons. The predicted molar refractivity (Wildman–Crippen MR) is 99.4 cm³/mol. The summed E-state index contributed by atoms with van der Waals surface area (Å²) in [4.78, 5) is 24.5. The minimum atomic E-state index is -0.280. The van der Waals surface area contributed by atoms with Gasteiger partial charge in [-0.1, -0.05) is 41.4 Å². The number of hydrogen-bond acceptors (Lipinski definition) is 3. The van der Waals surface area contributed by atoms with E-state index in [9.17, 15) is 9.59 Å². The van der Waals surface area contributed by atoms with Crippen molar-refractivity contribution in [3.8, 4) is 0 Å². The first-order valence-electron chi connectivity index (χ1n) is 7.61. The largest absolute Gasteiger partial charge is 0.383 e. The van der Waals surface area contributed by atoms with Gasteiger partial charge in [0.25, 0.3) is 5.91 Å². The van der Waals surface area contributed by atoms with Gasteiger partial charge in [-0.3, -0.25) is 9.59 Å². The Morgan fingerprint density at radius 2 is 1.88 bits per heavy atom. The van der Waals surface area contributed by atoms with Gasteiger partial charge in [0, 0.05) is 23.7 Å². The summed E-state index contributed by atoms with van der Waals surface area (Å²) < 4.78 is 4.90. The van der Waals surface area contributed by atoms with Gasteiger partial charge in [-0.05, 0) is 29.8 Å². The number of anilines is 1. The second-order valence-electron chi connectivity index (χ2n) is 5.25. The second-order valence-corrected chi connectivity index (χ2v) is 6.10. The monoisotopic (exact) mass is 380 g/mol. The Kier molecular flexibility index (Phi) is 7.25. The summed E-state index contributed by atoms with van der Waals surface area (Å²) in [6.45, 7) is 0.799. The molecule has 0 aliphatic carbocycles. The molecule has 2 rings (SSSR count). The van der Waals surface area contributed by atoms with Crippen molar-refractivity contribution in [2.45, 2.75) is 6.42 Å². The van der Waals surface area contributed by atoms with E-state index in [4.69, 9.17) is 27.9 Å². The maximum absolute atomic E-state index is 12.3. The number of carbonyl (C=O) groups is 2. The average Bonchev–Trinajstić information content (AvgIpc) is 2.58. The molecule has 0 bridgehead atoms. The zero-order valence-electron chi connectivity index (χ0n) is 13.6. The van der Waals surface area contributed by atoms with Crippen molar-refractivity contribution in [3.63, 3.8) is 0 Å². The van der Waals surface area contributed by atoms with E-state index < -0.39 is 0 Å². The lowest BCUT2D eigenvalue weighted by Crippen LogP contribution is -2.28. The number of carbonyl (C=O) groups excluding carboxylic acids is 2. The molecule has 2 N–H and O–H groups in total. The molecule has 0 aromatic heterocycles. The van der Waals surface area contributed by atoms with E-state index >= 15 is 0 Å². The van der Waals surface area contributed by atoms with Crippen molar-refractivity contribution in [1.29, 1.82) is 0 Å². The van der Waals surface area contributed by atoms with Crippen molar-refractivity contribution in [1.82, 2.24) is 5.32 Å². The number of amides is 2. The van der Waals surface area contributed by atoms with Gasteiger partial charge < -0.3 is 15.4 Å². The summed E-state index contributed by atoms with van der Waals surface area (Å²) in [5.41, 5.74) is 1.48. The van der Waals surface area contributed by atoms with Crippen LogP contribution in [0.5, 0.6) is 0 Å². The van der Waals surface area contributed by atoms with Gasteiger partial charge in [0.1, 0.15) is 0 Å². The molecule has 0 aliphatic rings. The number of methoxy groups -OCH3 is 1. The van der Waals surface area contributed by atoms with Gasteiger partial charge in [-0.25, -0.2) is 0 Å². The van der Waals surface area contributed by atoms with Crippen LogP contribution in [0.25, 0.3) is 0 Å². The molecule has 5 nitrogen and oxygen atoms in total. The van der Waals surface area contributed by atoms with E-state index in [0.29, 0.717) is 40.0 Å². The number of nitrogens with one attached hydrogen (secondary N) is 2. The summed E-state index contributed by atoms with van der Waals surface area (Å²) >= 11 is 11.9. The fourth-order valence-electron chi connectivity index (χ4n) is 2.18. The summed E-state index contributed by atoms with van der Waals surface area (Å²) in [7, 11) is 1.56. The minimum absolute atomic E-state index is 0.0790. The molecule has 0 radical (unpaired) electrons. The van der Waals surface area contributed by atoms with Crippen LogP contribution in [0.1, 0.15) is 15.9 Å². The standard InChI is InChI=1S/C18H18Cl2N2O3/c1-25-9-8-21-18(24)14-4-2-3-5-16(14)22-17(23)10-12-6-7-13(19)11-15(12)20/h2-7,11H,8-10H2,1H3,(H,21,24)(H,22,23). The van der Waals surface area contributed by atoms with Crippen LogP contribution < -0.4 is 10.6 Å². The Hall–Kier alpha value is -2.08. The molecule has 2 aromatic carbocycles. The van der Waals surface area contributed by atoms with Crippen LogP contribution in [0.3, 0.4) is 0 Å². The number of rotatable bonds is 7. The summed E-state index contributed by atoms with van der Waals surface area (Å²) in [6, 6.07) is 11.8. The molecule has 0 fully saturated rings. The molecule has 25 heavy (non-hydrogen) atoms. The van der Waals surface area contributed by atoms with Gasteiger partial charge in [0.15, 0.2) is 0 Å². The first-order chi connectivity index (χ1) is 12.0. The number of para-hydroxylation sites is 1. The van der Waals surface area contributed by atoms with Gasteiger partial charge in [-0.2, -0.15) is 0 Å². The van der Waals surface area contributed by atoms with Crippen LogP contribution in [-0.4, -0.2) is 32.1 Å². The van der Waals surface area contributed by atoms with Gasteiger partial charge in [-0.15, -0.1) is 0 Å². The van der Waals surface area contributed by atoms with Crippen LogP contribution in [0.4, 0.5) is 5.69 Å². The molecule has 0 heterocycles. The molecule has 0 unspecified atom stereocenters. The van der Waals surface area contributed by atoms with Gasteiger partial charge in [0.2, 0.25) is 5.91 Å². The van der Waals surface area contributed by atoms with E-state index in [1.807, 2.05) is 0 Å². The third kappa shape index (κ3) is 5.74. The lowest BCUT2D eigenvalue weighted by Gasteiger charge is -2.12. The van der Waals surface area contributed by atoms with Gasteiger partial charge >= 0.3 is 0 Å². The Bertz CT molecular complexity index is 766. The molecule has 0 spiro atoms. The first kappa shape index (κ1) is 19.2. The topological polar surface area (TPSA) is 67.4 Å². The number of ether oxygens (including phenoxy) is 1. The molecule has 2 aromatic rings. The highest BCUT2D eigenvalue weighted by Gasteiger charge is 2.14. The fourth-order valence-corrected chi connectivity index (χ4v) is 2.66. The lowest BCUT2D eigenvalue weighted by molar-refractivity contribution is -0.115. The third-order valence-electron chi connectivity index (χ3n) is 3.40. The van der Waals surface area contributed by atoms with E-state index in [1.165, 1.54) is 0 Å². The first-order valence-corrected chi connectivity index (χ1v) is 8.37. The third-order valence-corrected chi connectivity index (χ3v) is 3.99. The second kappa shape index (κ2) is 9.42. The molecular weight excluding hydrogens is 363 g/mol. The molecule has 0 saturated carbocycles. The summed E-state index contributed by atoms with van der Waals surface area (Å²) in [5.74, 6) is -0.557. The lowest BCUT2D eigenvalue weighted by atomic mass is 10.1. The van der Waals surface area contributed by atoms with Crippen LogP contribution in [0.2, 0.25) is 10.0 Å². The maximum atomic E-state index is 12.3. The Balaban J connectivity index is 2.06. The van der Waals surface area contributed by atoms with Gasteiger partial charge in [0.05, 0.1) is 24.3 Å². The zero-order valence-corrected chi connectivity index (χ0v) is 15.2. The quantitative estimate of drug-likeness (QED) is 0.721. The smallest absolute Gasteiger partial charge is 0.253 e. The SMILES string of the molecule is COCCNC(=O)c1ccccc1NC(=O)Cc1ccc(Cl)cc1Cl. The fraction of sp³-hybridized carbons (Fsp3) is 0.222. The van der Waals surface area contributed by atoms with E-state index in [1.54, 1.807) is 49.6 Å². The molecule has 0 saturated heterocycles. The van der Waals surface area contributed by atoms with E-state index in [-0.39, 0.29) is 18.2 Å². The molecule has 2 amide bonds. The van der Waals surface area contributed by atoms with Crippen molar-refractivity contribution in [2.24, 2.45) is 0 Å². The normalized spacial score (nSPS) is 10.4. The van der Waals surface area contributed by atoms with Crippen molar-refractivity contribution in [3.05, 3.63) is 63.6 Å². The number of hydrogen-bond donors (Lipinski definition) is 2. The highest BCUT2D eigenvalue weighted by molar-refractivity contribution is 6.35. The maximum Gasteiger partial charge on any atom is 0.253 e. The van der Waals surface area contributed by atoms with Crippen LogP contribution in [0, 0.1) is 0 Å². The highest BCUT2D eigenvalue weighted by atomic mass is 35.5. The number of benzene rings is 2. The van der Waals surface area contributed by atoms with E-state index in [2.05, 4.69) is 10.6 Å². The summed E-state index contributed by atoms with van der Waals surface area (Å²) in [5, 5.41) is 6.41. The minimum Gasteiger partial charge on any atom is -0.383 e. The summed E-state index contributed by atoms with van der Waals surface area (Å²) in [6.07, 6.45) is 0.0790. The predicted octanol–water partition coefficient (Wildman–Crippen LogP) is 3.55. The van der Waals surface area contributed by atoms with Crippen LogP contribution in [0.15, 0.2) is 42.5 Å². The molecular formula is C18H18Cl2N2O3. The Morgan fingerprint density at radius 1 is 1.12 bits per heavy atom. The Labute approximate surface area is 156 Å². The van der Waals surface area contributed by atoms with Crippen molar-refractivity contribution >= 4 is 40.7 Å². The van der Waals surface area contributed by atoms with Crippen molar-refractivity contribution < 1.29 is 14.3 Å². The van der Waals surface area contributed by atoms with Crippen molar-refractivity contribution in [2.75, 3.05) is 25.6 Å². The van der Waals surface area contributed by atoms with Crippen LogP contribution in [-0.2, 0) is 16.0 Å². The zero-order chi connectivity index (χ0) is 18.2. The number of halogens is 2. The molecule has 0 atom stereocenters. The Morgan fingerprint density at radius 3 is 2.60 bits per heavy atom. The molecule has 0 aliphatic heterocycles. The molecule has 7 heteroatoms. The average molecular weight is 381 g/mol. The van der Waals surface area contributed by atoms with E-state index in [0.717, 1.165) is 0 Å².